The number of hydrogen-bond donors (Lipinski definition) is 1. The first kappa shape index (κ1) is 10.4. The second-order valence-corrected chi connectivity index (χ2v) is 4.61. The van der Waals surface area contributed by atoms with Crippen LogP contribution in [0.25, 0.3) is 0 Å². The van der Waals surface area contributed by atoms with Crippen molar-refractivity contribution in [3.63, 3.8) is 0 Å². The molecule has 1 N–H and O–H groups in total. The fourth-order valence-electron chi connectivity index (χ4n) is 2.28. The molecule has 80 valence electrons. The predicted octanol–water partition coefficient (Wildman–Crippen LogP) is 3.47. The van der Waals surface area contributed by atoms with E-state index in [2.05, 4.69) is 19.1 Å². The lowest BCUT2D eigenvalue weighted by Gasteiger charge is -2.34. The molecule has 15 heavy (non-hydrogen) atoms. The topological polar surface area (TPSA) is 20.2 Å². The molecule has 0 bridgehead atoms. The molecule has 1 heteroatoms. The van der Waals surface area contributed by atoms with Crippen molar-refractivity contribution in [3.8, 4) is 0 Å². The molecule has 2 rings (SSSR count). The normalized spacial score (nSPS) is 27.6. The van der Waals surface area contributed by atoms with Gasteiger partial charge >= 0.3 is 0 Å². The van der Waals surface area contributed by atoms with Gasteiger partial charge in [0.25, 0.3) is 0 Å². The quantitative estimate of drug-likeness (QED) is 0.728. The second kappa shape index (κ2) is 4.19. The minimum Gasteiger partial charge on any atom is -0.388 e. The highest BCUT2D eigenvalue weighted by molar-refractivity contribution is 5.22. The van der Waals surface area contributed by atoms with Gasteiger partial charge in [0.2, 0.25) is 0 Å². The van der Waals surface area contributed by atoms with Crippen LogP contribution in [0.1, 0.15) is 37.9 Å². The predicted molar refractivity (Wildman–Crippen MR) is 62.5 cm³/mol. The highest BCUT2D eigenvalue weighted by Gasteiger charge is 2.32. The molecule has 0 saturated heterocycles. The molecule has 1 aliphatic carbocycles. The van der Waals surface area contributed by atoms with Gasteiger partial charge in [-0.1, -0.05) is 49.4 Å². The van der Waals surface area contributed by atoms with Crippen molar-refractivity contribution in [2.45, 2.75) is 32.3 Å². The van der Waals surface area contributed by atoms with Gasteiger partial charge in [-0.05, 0) is 24.8 Å². The standard InChI is InChI=1S/C14H18O/c1-14(10-6-3-7-11-14)13(15)12-8-4-2-5-9-12/h2,4-6,8-10,13,15H,3,7,11H2,1H3/t13-,14+/m0/s1. The van der Waals surface area contributed by atoms with E-state index in [4.69, 9.17) is 0 Å². The fourth-order valence-corrected chi connectivity index (χ4v) is 2.28. The summed E-state index contributed by atoms with van der Waals surface area (Å²) in [6.07, 6.45) is 7.38. The van der Waals surface area contributed by atoms with Gasteiger partial charge in [0.15, 0.2) is 0 Å². The average molecular weight is 202 g/mol. The van der Waals surface area contributed by atoms with Crippen LogP contribution in [0.3, 0.4) is 0 Å². The lowest BCUT2D eigenvalue weighted by atomic mass is 9.74. The monoisotopic (exact) mass is 202 g/mol. The molecule has 1 nitrogen and oxygen atoms in total. The minimum absolute atomic E-state index is 0.0837. The van der Waals surface area contributed by atoms with Crippen molar-refractivity contribution < 1.29 is 5.11 Å². The van der Waals surface area contributed by atoms with E-state index in [-0.39, 0.29) is 11.5 Å². The van der Waals surface area contributed by atoms with Crippen molar-refractivity contribution in [2.24, 2.45) is 5.41 Å². The molecule has 0 spiro atoms. The molecule has 0 radical (unpaired) electrons. The Balaban J connectivity index is 2.23. The van der Waals surface area contributed by atoms with Crippen molar-refractivity contribution in [2.75, 3.05) is 0 Å². The lowest BCUT2D eigenvalue weighted by Crippen LogP contribution is -2.25. The first-order chi connectivity index (χ1) is 7.22. The van der Waals surface area contributed by atoms with Gasteiger partial charge in [-0.15, -0.1) is 0 Å². The molecule has 0 amide bonds. The van der Waals surface area contributed by atoms with Gasteiger partial charge < -0.3 is 5.11 Å². The van der Waals surface area contributed by atoms with Crippen molar-refractivity contribution in [1.82, 2.24) is 0 Å². The molecule has 0 aliphatic heterocycles. The molecule has 0 aromatic heterocycles. The zero-order valence-electron chi connectivity index (χ0n) is 9.19. The summed E-state index contributed by atoms with van der Waals surface area (Å²) < 4.78 is 0. The van der Waals surface area contributed by atoms with Crippen LogP contribution in [0.4, 0.5) is 0 Å². The lowest BCUT2D eigenvalue weighted by molar-refractivity contribution is 0.0594. The van der Waals surface area contributed by atoms with E-state index >= 15 is 0 Å². The SMILES string of the molecule is C[C@@]1([C@@H](O)c2ccccc2)C=CCCC1. The van der Waals surface area contributed by atoms with E-state index in [1.54, 1.807) is 0 Å². The summed E-state index contributed by atoms with van der Waals surface area (Å²) in [6.45, 7) is 2.14. The molecule has 0 heterocycles. The maximum absolute atomic E-state index is 10.4. The van der Waals surface area contributed by atoms with Crippen molar-refractivity contribution in [3.05, 3.63) is 48.0 Å². The Morgan fingerprint density at radius 2 is 2.00 bits per heavy atom. The Morgan fingerprint density at radius 3 is 2.60 bits per heavy atom. The summed E-state index contributed by atoms with van der Waals surface area (Å²) in [5.41, 5.74) is 0.936. The van der Waals surface area contributed by atoms with Gasteiger partial charge in [0.05, 0.1) is 6.10 Å². The van der Waals surface area contributed by atoms with E-state index in [0.717, 1.165) is 18.4 Å². The summed E-state index contributed by atoms with van der Waals surface area (Å²) in [4.78, 5) is 0. The summed E-state index contributed by atoms with van der Waals surface area (Å²) in [5, 5.41) is 10.4. The van der Waals surface area contributed by atoms with E-state index < -0.39 is 0 Å². The zero-order chi connectivity index (χ0) is 10.7. The van der Waals surface area contributed by atoms with Crippen molar-refractivity contribution in [1.29, 1.82) is 0 Å². The minimum atomic E-state index is -0.379. The summed E-state index contributed by atoms with van der Waals surface area (Å²) >= 11 is 0. The Labute approximate surface area is 91.4 Å². The molecule has 1 aromatic carbocycles. The Hall–Kier alpha value is -1.08. The Bertz CT molecular complexity index is 342. The molecule has 2 atom stereocenters. The first-order valence-corrected chi connectivity index (χ1v) is 5.63. The summed E-state index contributed by atoms with van der Waals surface area (Å²) in [6, 6.07) is 9.94. The molecular weight excluding hydrogens is 184 g/mol. The number of aliphatic hydroxyl groups excluding tert-OH is 1. The summed E-state index contributed by atoms with van der Waals surface area (Å²) in [5.74, 6) is 0. The zero-order valence-corrected chi connectivity index (χ0v) is 9.19. The third-order valence-corrected chi connectivity index (χ3v) is 3.32. The van der Waals surface area contributed by atoms with Crippen LogP contribution >= 0.6 is 0 Å². The van der Waals surface area contributed by atoms with Gasteiger partial charge in [-0.2, -0.15) is 0 Å². The molecule has 0 unspecified atom stereocenters. The van der Waals surface area contributed by atoms with Crippen LogP contribution in [0.5, 0.6) is 0 Å². The van der Waals surface area contributed by atoms with E-state index in [0.29, 0.717) is 0 Å². The number of aliphatic hydroxyl groups is 1. The maximum Gasteiger partial charge on any atom is 0.0877 e. The van der Waals surface area contributed by atoms with Gasteiger partial charge in [-0.3, -0.25) is 0 Å². The van der Waals surface area contributed by atoms with Crippen LogP contribution in [-0.2, 0) is 0 Å². The van der Waals surface area contributed by atoms with E-state index in [1.807, 2.05) is 30.3 Å². The maximum atomic E-state index is 10.4. The molecule has 1 aliphatic rings. The van der Waals surface area contributed by atoms with Crippen LogP contribution in [-0.4, -0.2) is 5.11 Å². The third kappa shape index (κ3) is 2.13. The highest BCUT2D eigenvalue weighted by Crippen LogP contribution is 2.41. The summed E-state index contributed by atoms with van der Waals surface area (Å²) in [7, 11) is 0. The van der Waals surface area contributed by atoms with Crippen LogP contribution in [0, 0.1) is 5.41 Å². The van der Waals surface area contributed by atoms with Crippen LogP contribution in [0.2, 0.25) is 0 Å². The molecule has 0 fully saturated rings. The second-order valence-electron chi connectivity index (χ2n) is 4.61. The van der Waals surface area contributed by atoms with E-state index in [9.17, 15) is 5.11 Å². The number of benzene rings is 1. The average Bonchev–Trinajstić information content (AvgIpc) is 2.30. The molecule has 0 saturated carbocycles. The van der Waals surface area contributed by atoms with E-state index in [1.165, 1.54) is 6.42 Å². The van der Waals surface area contributed by atoms with Gasteiger partial charge in [0.1, 0.15) is 0 Å². The van der Waals surface area contributed by atoms with Crippen LogP contribution in [0.15, 0.2) is 42.5 Å². The highest BCUT2D eigenvalue weighted by atomic mass is 16.3. The Kier molecular flexibility index (Phi) is 2.92. The first-order valence-electron chi connectivity index (χ1n) is 5.63. The number of rotatable bonds is 2. The molecule has 1 aromatic rings. The van der Waals surface area contributed by atoms with Crippen LogP contribution < -0.4 is 0 Å². The number of hydrogen-bond acceptors (Lipinski definition) is 1. The van der Waals surface area contributed by atoms with Gasteiger partial charge in [0, 0.05) is 5.41 Å². The largest absolute Gasteiger partial charge is 0.388 e. The van der Waals surface area contributed by atoms with Gasteiger partial charge in [-0.25, -0.2) is 0 Å². The smallest absolute Gasteiger partial charge is 0.0877 e. The number of allylic oxidation sites excluding steroid dienone is 1. The Morgan fingerprint density at radius 1 is 1.27 bits per heavy atom. The third-order valence-electron chi connectivity index (χ3n) is 3.32. The fraction of sp³-hybridized carbons (Fsp3) is 0.429. The van der Waals surface area contributed by atoms with Crippen molar-refractivity contribution >= 4 is 0 Å². The molecular formula is C14H18O.